The van der Waals surface area contributed by atoms with Crippen molar-refractivity contribution in [1.82, 2.24) is 19.7 Å². The molecule has 5 rings (SSSR count). The third-order valence-electron chi connectivity index (χ3n) is 5.57. The molecule has 2 aromatic heterocycles. The van der Waals surface area contributed by atoms with Crippen LogP contribution < -0.4 is 14.2 Å². The maximum Gasteiger partial charge on any atom is 0.278 e. The van der Waals surface area contributed by atoms with Crippen LogP contribution in [-0.2, 0) is 17.9 Å². The highest BCUT2D eigenvalue weighted by molar-refractivity contribution is 5.63. The number of fused-ring (bicyclic) bond motifs is 1. The van der Waals surface area contributed by atoms with Crippen LogP contribution in [0.2, 0.25) is 0 Å². The number of benzene rings is 2. The summed E-state index contributed by atoms with van der Waals surface area (Å²) in [4.78, 5) is 9.09. The number of imidazole rings is 1. The molecular weight excluding hydrogens is 424 g/mol. The Morgan fingerprint density at radius 2 is 1.91 bits per heavy atom. The predicted molar refractivity (Wildman–Crippen MR) is 119 cm³/mol. The Labute approximate surface area is 190 Å². The van der Waals surface area contributed by atoms with Crippen molar-refractivity contribution in [2.75, 3.05) is 20.8 Å². The summed E-state index contributed by atoms with van der Waals surface area (Å²) in [6.07, 6.45) is 1.72. The zero-order valence-electron chi connectivity index (χ0n) is 18.6. The molecule has 0 saturated heterocycles. The molecule has 0 saturated carbocycles. The average molecular weight is 448 g/mol. The van der Waals surface area contributed by atoms with Crippen molar-refractivity contribution in [3.8, 4) is 40.2 Å². The van der Waals surface area contributed by atoms with Crippen LogP contribution in [0.15, 0.2) is 53.3 Å². The first-order valence-corrected chi connectivity index (χ1v) is 10.6. The van der Waals surface area contributed by atoms with Crippen molar-refractivity contribution >= 4 is 0 Å². The Balaban J connectivity index is 1.38. The average Bonchev–Trinajstić information content (AvgIpc) is 3.51. The van der Waals surface area contributed by atoms with E-state index < -0.39 is 0 Å². The molecule has 2 aromatic carbocycles. The predicted octanol–water partition coefficient (Wildman–Crippen LogP) is 4.29. The maximum atomic E-state index is 6.12. The van der Waals surface area contributed by atoms with Gasteiger partial charge >= 0.3 is 0 Å². The number of ether oxygens (including phenoxy) is 4. The van der Waals surface area contributed by atoms with Crippen molar-refractivity contribution in [3.63, 3.8) is 0 Å². The molecule has 3 heterocycles. The van der Waals surface area contributed by atoms with Gasteiger partial charge in [0.2, 0.25) is 5.82 Å². The van der Waals surface area contributed by atoms with Crippen LogP contribution in [0.25, 0.3) is 23.0 Å². The molecule has 0 bridgehead atoms. The zero-order valence-corrected chi connectivity index (χ0v) is 18.6. The van der Waals surface area contributed by atoms with Gasteiger partial charge in [0, 0.05) is 5.56 Å². The summed E-state index contributed by atoms with van der Waals surface area (Å²) in [5.74, 6) is 2.89. The molecule has 33 heavy (non-hydrogen) atoms. The molecule has 0 fully saturated rings. The molecule has 0 aliphatic carbocycles. The van der Waals surface area contributed by atoms with E-state index in [9.17, 15) is 0 Å². The van der Waals surface area contributed by atoms with Gasteiger partial charge in [0.25, 0.3) is 5.89 Å². The van der Waals surface area contributed by atoms with Gasteiger partial charge in [0.05, 0.1) is 46.0 Å². The van der Waals surface area contributed by atoms with E-state index >= 15 is 0 Å². The van der Waals surface area contributed by atoms with Crippen molar-refractivity contribution in [2.45, 2.75) is 26.2 Å². The fourth-order valence-electron chi connectivity index (χ4n) is 3.85. The minimum Gasteiger partial charge on any atom is -0.497 e. The number of rotatable bonds is 7. The second-order valence-corrected chi connectivity index (χ2v) is 7.49. The van der Waals surface area contributed by atoms with Crippen LogP contribution in [-0.4, -0.2) is 40.5 Å². The molecule has 9 heteroatoms. The standard InChI is InChI=1S/C24H24N4O5/c1-4-31-20-11-16(7-10-19(20)30-3)23-26-24(33-27-23)22-18-13-32-21(12-28(18)14-25-22)15-5-8-17(29-2)9-6-15/h5-11,14,21H,4,12-13H2,1-3H3/t21-/m0/s1. The summed E-state index contributed by atoms with van der Waals surface area (Å²) in [5, 5.41) is 4.14. The van der Waals surface area contributed by atoms with Crippen molar-refractivity contribution in [2.24, 2.45) is 0 Å². The molecule has 0 spiro atoms. The normalized spacial score (nSPS) is 15.2. The van der Waals surface area contributed by atoms with Gasteiger partial charge in [-0.1, -0.05) is 17.3 Å². The lowest BCUT2D eigenvalue weighted by atomic mass is 10.1. The fourth-order valence-corrected chi connectivity index (χ4v) is 3.85. The van der Waals surface area contributed by atoms with E-state index in [0.29, 0.717) is 48.7 Å². The Kier molecular flexibility index (Phi) is 5.70. The Hall–Kier alpha value is -3.85. The van der Waals surface area contributed by atoms with Crippen LogP contribution in [0.1, 0.15) is 24.3 Å². The van der Waals surface area contributed by atoms with Crippen LogP contribution in [0, 0.1) is 0 Å². The maximum absolute atomic E-state index is 6.12. The van der Waals surface area contributed by atoms with Crippen LogP contribution in [0.3, 0.4) is 0 Å². The highest BCUT2D eigenvalue weighted by Crippen LogP contribution is 2.34. The molecule has 0 radical (unpaired) electrons. The summed E-state index contributed by atoms with van der Waals surface area (Å²) in [7, 11) is 3.26. The topological polar surface area (TPSA) is 93.7 Å². The highest BCUT2D eigenvalue weighted by atomic mass is 16.5. The van der Waals surface area contributed by atoms with E-state index in [1.807, 2.05) is 49.4 Å². The van der Waals surface area contributed by atoms with E-state index in [1.165, 1.54) is 0 Å². The zero-order chi connectivity index (χ0) is 22.8. The smallest absolute Gasteiger partial charge is 0.278 e. The van der Waals surface area contributed by atoms with Gasteiger partial charge in [-0.25, -0.2) is 4.98 Å². The Morgan fingerprint density at radius 3 is 2.67 bits per heavy atom. The fraction of sp³-hybridized carbons (Fsp3) is 0.292. The van der Waals surface area contributed by atoms with Gasteiger partial charge in [-0.15, -0.1) is 0 Å². The van der Waals surface area contributed by atoms with Crippen molar-refractivity contribution < 1.29 is 23.5 Å². The minimum atomic E-state index is -0.0695. The molecule has 0 amide bonds. The molecular formula is C24H24N4O5. The van der Waals surface area contributed by atoms with Crippen LogP contribution in [0.4, 0.5) is 0 Å². The van der Waals surface area contributed by atoms with Gasteiger partial charge in [-0.2, -0.15) is 4.98 Å². The number of hydrogen-bond donors (Lipinski definition) is 0. The van der Waals surface area contributed by atoms with E-state index in [1.54, 1.807) is 20.5 Å². The van der Waals surface area contributed by atoms with Gasteiger partial charge in [-0.3, -0.25) is 0 Å². The molecule has 0 N–H and O–H groups in total. The summed E-state index contributed by atoms with van der Waals surface area (Å²) in [6.45, 7) is 3.48. The van der Waals surface area contributed by atoms with Gasteiger partial charge in [0.15, 0.2) is 17.2 Å². The van der Waals surface area contributed by atoms with Crippen LogP contribution >= 0.6 is 0 Å². The molecule has 1 aliphatic rings. The van der Waals surface area contributed by atoms with E-state index in [4.69, 9.17) is 23.5 Å². The molecule has 4 aromatic rings. The Bertz CT molecular complexity index is 1250. The third kappa shape index (κ3) is 4.03. The number of nitrogens with zero attached hydrogens (tertiary/aromatic N) is 4. The monoisotopic (exact) mass is 448 g/mol. The molecule has 1 aliphatic heterocycles. The first-order valence-electron chi connectivity index (χ1n) is 10.6. The van der Waals surface area contributed by atoms with E-state index in [2.05, 4.69) is 19.7 Å². The number of hydrogen-bond acceptors (Lipinski definition) is 8. The molecule has 0 unspecified atom stereocenters. The molecule has 9 nitrogen and oxygen atoms in total. The first-order chi connectivity index (χ1) is 16.2. The van der Waals surface area contributed by atoms with Gasteiger partial charge in [0.1, 0.15) is 11.9 Å². The van der Waals surface area contributed by atoms with Crippen LogP contribution in [0.5, 0.6) is 17.2 Å². The summed E-state index contributed by atoms with van der Waals surface area (Å²) >= 11 is 0. The second-order valence-electron chi connectivity index (χ2n) is 7.49. The summed E-state index contributed by atoms with van der Waals surface area (Å²) in [5.41, 5.74) is 3.37. The quantitative estimate of drug-likeness (QED) is 0.413. The van der Waals surface area contributed by atoms with Crippen molar-refractivity contribution in [3.05, 3.63) is 60.0 Å². The van der Waals surface area contributed by atoms with Gasteiger partial charge < -0.3 is 28.0 Å². The minimum absolute atomic E-state index is 0.0695. The number of aromatic nitrogens is 4. The first kappa shape index (κ1) is 21.0. The molecule has 1 atom stereocenters. The Morgan fingerprint density at radius 1 is 1.06 bits per heavy atom. The second kappa shape index (κ2) is 8.95. The van der Waals surface area contributed by atoms with Crippen molar-refractivity contribution in [1.29, 1.82) is 0 Å². The number of methoxy groups -OCH3 is 2. The largest absolute Gasteiger partial charge is 0.497 e. The third-order valence-corrected chi connectivity index (χ3v) is 5.57. The SMILES string of the molecule is CCOc1cc(-c2noc(-c3ncn4c3CO[C@H](c3ccc(OC)cc3)C4)n2)ccc1OC. The lowest BCUT2D eigenvalue weighted by Crippen LogP contribution is -2.20. The summed E-state index contributed by atoms with van der Waals surface area (Å²) in [6, 6.07) is 13.4. The lowest BCUT2D eigenvalue weighted by molar-refractivity contribution is 0.00328. The highest BCUT2D eigenvalue weighted by Gasteiger charge is 2.27. The van der Waals surface area contributed by atoms with Gasteiger partial charge in [-0.05, 0) is 42.8 Å². The lowest BCUT2D eigenvalue weighted by Gasteiger charge is -2.25. The molecule has 170 valence electrons. The van der Waals surface area contributed by atoms with E-state index in [-0.39, 0.29) is 6.10 Å². The van der Waals surface area contributed by atoms with E-state index in [0.717, 1.165) is 22.6 Å². The summed E-state index contributed by atoms with van der Waals surface area (Å²) < 4.78 is 30.0.